The SMILES string of the molecule is Cc1cncc(NCC2CCOC2)c1. The highest BCUT2D eigenvalue weighted by Crippen LogP contribution is 2.14. The molecule has 3 nitrogen and oxygen atoms in total. The average Bonchev–Trinajstić information content (AvgIpc) is 2.67. The van der Waals surface area contributed by atoms with E-state index in [2.05, 4.69) is 23.3 Å². The van der Waals surface area contributed by atoms with E-state index >= 15 is 0 Å². The maximum Gasteiger partial charge on any atom is 0.0529 e. The van der Waals surface area contributed by atoms with Crippen molar-refractivity contribution in [1.82, 2.24) is 4.98 Å². The predicted molar refractivity (Wildman–Crippen MR) is 56.4 cm³/mol. The summed E-state index contributed by atoms with van der Waals surface area (Å²) in [4.78, 5) is 4.14. The van der Waals surface area contributed by atoms with Gasteiger partial charge < -0.3 is 10.1 Å². The molecule has 1 N–H and O–H groups in total. The van der Waals surface area contributed by atoms with E-state index < -0.39 is 0 Å². The van der Waals surface area contributed by atoms with E-state index in [9.17, 15) is 0 Å². The van der Waals surface area contributed by atoms with Crippen LogP contribution in [0.4, 0.5) is 5.69 Å². The third-order valence-electron chi connectivity index (χ3n) is 2.49. The molecule has 14 heavy (non-hydrogen) atoms. The summed E-state index contributed by atoms with van der Waals surface area (Å²) in [6.45, 7) is 4.85. The lowest BCUT2D eigenvalue weighted by molar-refractivity contribution is 0.187. The molecule has 1 atom stereocenters. The van der Waals surface area contributed by atoms with Gasteiger partial charge in [0, 0.05) is 31.5 Å². The van der Waals surface area contributed by atoms with Crippen molar-refractivity contribution in [2.75, 3.05) is 25.1 Å². The number of pyridine rings is 1. The second kappa shape index (κ2) is 4.42. The summed E-state index contributed by atoms with van der Waals surface area (Å²) in [5.74, 6) is 0.663. The summed E-state index contributed by atoms with van der Waals surface area (Å²) in [6.07, 6.45) is 4.90. The van der Waals surface area contributed by atoms with Crippen LogP contribution in [0.25, 0.3) is 0 Å². The standard InChI is InChI=1S/C11H16N2O/c1-9-4-11(7-12-5-9)13-6-10-2-3-14-8-10/h4-5,7,10,13H,2-3,6,8H2,1H3. The zero-order valence-corrected chi connectivity index (χ0v) is 8.49. The van der Waals surface area contributed by atoms with Gasteiger partial charge in [-0.1, -0.05) is 0 Å². The normalized spacial score (nSPS) is 21.1. The van der Waals surface area contributed by atoms with E-state index in [1.807, 2.05) is 12.4 Å². The third-order valence-corrected chi connectivity index (χ3v) is 2.49. The van der Waals surface area contributed by atoms with Crippen molar-refractivity contribution in [3.8, 4) is 0 Å². The van der Waals surface area contributed by atoms with Crippen molar-refractivity contribution in [2.45, 2.75) is 13.3 Å². The zero-order chi connectivity index (χ0) is 9.80. The Morgan fingerprint density at radius 2 is 2.50 bits per heavy atom. The lowest BCUT2D eigenvalue weighted by atomic mass is 10.1. The van der Waals surface area contributed by atoms with Gasteiger partial charge in [-0.2, -0.15) is 0 Å². The molecular formula is C11H16N2O. The second-order valence-electron chi connectivity index (χ2n) is 3.86. The molecule has 1 saturated heterocycles. The molecule has 1 aromatic rings. The Labute approximate surface area is 84.5 Å². The Kier molecular flexibility index (Phi) is 2.99. The van der Waals surface area contributed by atoms with Crippen LogP contribution < -0.4 is 5.32 Å². The largest absolute Gasteiger partial charge is 0.383 e. The molecule has 76 valence electrons. The van der Waals surface area contributed by atoms with E-state index in [-0.39, 0.29) is 0 Å². The van der Waals surface area contributed by atoms with Gasteiger partial charge in [-0.25, -0.2) is 0 Å². The second-order valence-corrected chi connectivity index (χ2v) is 3.86. The maximum atomic E-state index is 5.31. The van der Waals surface area contributed by atoms with Gasteiger partial charge in [-0.05, 0) is 25.0 Å². The molecule has 0 aliphatic carbocycles. The molecule has 0 spiro atoms. The van der Waals surface area contributed by atoms with Crippen LogP contribution in [-0.2, 0) is 4.74 Å². The Bertz CT molecular complexity index is 295. The van der Waals surface area contributed by atoms with Crippen molar-refractivity contribution in [2.24, 2.45) is 5.92 Å². The van der Waals surface area contributed by atoms with Crippen molar-refractivity contribution in [1.29, 1.82) is 0 Å². The van der Waals surface area contributed by atoms with Crippen molar-refractivity contribution in [3.05, 3.63) is 24.0 Å². The van der Waals surface area contributed by atoms with E-state index in [1.54, 1.807) is 0 Å². The average molecular weight is 192 g/mol. The van der Waals surface area contributed by atoms with E-state index in [0.717, 1.165) is 25.4 Å². The summed E-state index contributed by atoms with van der Waals surface area (Å²) >= 11 is 0. The highest BCUT2D eigenvalue weighted by atomic mass is 16.5. The Morgan fingerprint density at radius 1 is 1.57 bits per heavy atom. The van der Waals surface area contributed by atoms with E-state index in [4.69, 9.17) is 4.74 Å². The number of nitrogens with one attached hydrogen (secondary N) is 1. The summed E-state index contributed by atoms with van der Waals surface area (Å²) < 4.78 is 5.31. The molecule has 2 heterocycles. The fraction of sp³-hybridized carbons (Fsp3) is 0.545. The quantitative estimate of drug-likeness (QED) is 0.793. The van der Waals surface area contributed by atoms with E-state index in [0.29, 0.717) is 5.92 Å². The van der Waals surface area contributed by atoms with Crippen LogP contribution in [0.2, 0.25) is 0 Å². The first-order chi connectivity index (χ1) is 6.84. The highest BCUT2D eigenvalue weighted by Gasteiger charge is 2.14. The molecule has 2 rings (SSSR count). The first-order valence-corrected chi connectivity index (χ1v) is 5.08. The Balaban J connectivity index is 1.85. The number of ether oxygens (including phenoxy) is 1. The van der Waals surface area contributed by atoms with Gasteiger partial charge in [-0.3, -0.25) is 4.98 Å². The summed E-state index contributed by atoms with van der Waals surface area (Å²) in [6, 6.07) is 2.11. The van der Waals surface area contributed by atoms with Crippen molar-refractivity contribution in [3.63, 3.8) is 0 Å². The number of nitrogens with zero attached hydrogens (tertiary/aromatic N) is 1. The van der Waals surface area contributed by atoms with Gasteiger partial charge in [-0.15, -0.1) is 0 Å². The molecule has 1 unspecified atom stereocenters. The summed E-state index contributed by atoms with van der Waals surface area (Å²) in [7, 11) is 0. The Morgan fingerprint density at radius 3 is 3.21 bits per heavy atom. The minimum atomic E-state index is 0.663. The molecule has 0 bridgehead atoms. The number of hydrogen-bond acceptors (Lipinski definition) is 3. The van der Waals surface area contributed by atoms with Crippen LogP contribution in [0.5, 0.6) is 0 Å². The molecule has 1 aromatic heterocycles. The van der Waals surface area contributed by atoms with Gasteiger partial charge in [0.2, 0.25) is 0 Å². The van der Waals surface area contributed by atoms with Crippen molar-refractivity contribution < 1.29 is 4.74 Å². The zero-order valence-electron chi connectivity index (χ0n) is 8.49. The number of anilines is 1. The third kappa shape index (κ3) is 2.45. The Hall–Kier alpha value is -1.09. The molecule has 0 saturated carbocycles. The smallest absolute Gasteiger partial charge is 0.0529 e. The van der Waals surface area contributed by atoms with E-state index in [1.165, 1.54) is 12.0 Å². The summed E-state index contributed by atoms with van der Waals surface area (Å²) in [5, 5.41) is 3.38. The molecule has 1 fully saturated rings. The monoisotopic (exact) mass is 192 g/mol. The number of aryl methyl sites for hydroxylation is 1. The lowest BCUT2D eigenvalue weighted by Gasteiger charge is -2.10. The van der Waals surface area contributed by atoms with Crippen LogP contribution in [-0.4, -0.2) is 24.7 Å². The number of rotatable bonds is 3. The minimum Gasteiger partial charge on any atom is -0.383 e. The molecular weight excluding hydrogens is 176 g/mol. The fourth-order valence-corrected chi connectivity index (χ4v) is 1.66. The lowest BCUT2D eigenvalue weighted by Crippen LogP contribution is -2.14. The van der Waals surface area contributed by atoms with Gasteiger partial charge in [0.05, 0.1) is 12.3 Å². The van der Waals surface area contributed by atoms with Gasteiger partial charge in [0.25, 0.3) is 0 Å². The highest BCUT2D eigenvalue weighted by molar-refractivity contribution is 5.42. The van der Waals surface area contributed by atoms with Gasteiger partial charge >= 0.3 is 0 Å². The van der Waals surface area contributed by atoms with Gasteiger partial charge in [0.15, 0.2) is 0 Å². The topological polar surface area (TPSA) is 34.2 Å². The van der Waals surface area contributed by atoms with Gasteiger partial charge in [0.1, 0.15) is 0 Å². The molecule has 0 aromatic carbocycles. The minimum absolute atomic E-state index is 0.663. The first kappa shape index (κ1) is 9.46. The molecule has 1 aliphatic heterocycles. The maximum absolute atomic E-state index is 5.31. The number of aromatic nitrogens is 1. The number of hydrogen-bond donors (Lipinski definition) is 1. The van der Waals surface area contributed by atoms with Crippen LogP contribution in [0.3, 0.4) is 0 Å². The van der Waals surface area contributed by atoms with Crippen LogP contribution >= 0.6 is 0 Å². The van der Waals surface area contributed by atoms with Crippen LogP contribution in [0.1, 0.15) is 12.0 Å². The molecule has 1 aliphatic rings. The molecule has 3 heteroatoms. The predicted octanol–water partition coefficient (Wildman–Crippen LogP) is 1.84. The fourth-order valence-electron chi connectivity index (χ4n) is 1.66. The molecule has 0 amide bonds. The van der Waals surface area contributed by atoms with Crippen LogP contribution in [0, 0.1) is 12.8 Å². The summed E-state index contributed by atoms with van der Waals surface area (Å²) in [5.41, 5.74) is 2.30. The molecule has 0 radical (unpaired) electrons. The van der Waals surface area contributed by atoms with Crippen molar-refractivity contribution >= 4 is 5.69 Å². The van der Waals surface area contributed by atoms with Crippen LogP contribution in [0.15, 0.2) is 18.5 Å². The first-order valence-electron chi connectivity index (χ1n) is 5.08.